The van der Waals surface area contributed by atoms with E-state index in [1.54, 1.807) is 12.1 Å². The number of alkyl halides is 3. The van der Waals surface area contributed by atoms with Crippen LogP contribution < -0.4 is 0 Å². The molecule has 0 saturated carbocycles. The van der Waals surface area contributed by atoms with E-state index in [1.807, 2.05) is 0 Å². The molecule has 1 aromatic rings. The molecular formula is C19H20F4N2O4. The molecule has 0 aliphatic carbocycles. The number of aliphatic hydroxyl groups is 1. The van der Waals surface area contributed by atoms with Crippen LogP contribution in [0.15, 0.2) is 18.2 Å². The lowest BCUT2D eigenvalue weighted by Crippen LogP contribution is -2.48. The number of nitriles is 1. The minimum atomic E-state index is -4.83. The van der Waals surface area contributed by atoms with Crippen LogP contribution in [0.2, 0.25) is 0 Å². The van der Waals surface area contributed by atoms with Gasteiger partial charge in [0.2, 0.25) is 6.10 Å². The number of carbonyl (C=O) groups is 1. The molecule has 3 rings (SSSR count). The highest BCUT2D eigenvalue weighted by Crippen LogP contribution is 2.43. The molecule has 0 radical (unpaired) electrons. The van der Waals surface area contributed by atoms with Crippen molar-refractivity contribution in [2.75, 3.05) is 26.3 Å². The largest absolute Gasteiger partial charge is 0.434 e. The van der Waals surface area contributed by atoms with Gasteiger partial charge in [0.05, 0.1) is 24.4 Å². The summed E-state index contributed by atoms with van der Waals surface area (Å²) in [6, 6.07) is 6.21. The number of ether oxygens (including phenoxy) is 2. The number of likely N-dealkylation sites (tertiary alicyclic amines) is 1. The highest BCUT2D eigenvalue weighted by molar-refractivity contribution is 5.68. The number of amides is 1. The monoisotopic (exact) mass is 416 g/mol. The van der Waals surface area contributed by atoms with Gasteiger partial charge in [-0.25, -0.2) is 9.18 Å². The Labute approximate surface area is 164 Å². The van der Waals surface area contributed by atoms with Crippen LogP contribution in [0.25, 0.3) is 0 Å². The van der Waals surface area contributed by atoms with Crippen molar-refractivity contribution in [3.63, 3.8) is 0 Å². The summed E-state index contributed by atoms with van der Waals surface area (Å²) in [6.45, 7) is -0.665. The predicted octanol–water partition coefficient (Wildman–Crippen LogP) is 3.10. The Kier molecular flexibility index (Phi) is 6.00. The van der Waals surface area contributed by atoms with Gasteiger partial charge in [-0.1, -0.05) is 6.07 Å². The van der Waals surface area contributed by atoms with E-state index in [1.165, 1.54) is 12.1 Å². The van der Waals surface area contributed by atoms with Crippen LogP contribution in [0.4, 0.5) is 22.4 Å². The van der Waals surface area contributed by atoms with Crippen LogP contribution in [-0.2, 0) is 9.47 Å². The van der Waals surface area contributed by atoms with Crippen molar-refractivity contribution < 1.29 is 36.9 Å². The summed E-state index contributed by atoms with van der Waals surface area (Å²) in [6.07, 6.45) is -7.10. The Bertz CT molecular complexity index is 800. The van der Waals surface area contributed by atoms with Crippen molar-refractivity contribution in [2.24, 2.45) is 0 Å². The summed E-state index contributed by atoms with van der Waals surface area (Å²) in [7, 11) is 0. The smallest absolute Gasteiger partial charge is 0.427 e. The Morgan fingerprint density at radius 2 is 2.10 bits per heavy atom. The first-order chi connectivity index (χ1) is 13.7. The van der Waals surface area contributed by atoms with Gasteiger partial charge in [-0.3, -0.25) is 0 Å². The standard InChI is InChI=1S/C19H20F4N2O4/c20-15-7-12(1-2-13(15)9-24)14-8-18(28-11-14)3-5-25(6-4-18)17(27)29-16(10-26)19(21,22)23/h1-2,7,14,16,26H,3-6,8,10-11H2/t14-,16-/m1/s1. The van der Waals surface area contributed by atoms with E-state index in [2.05, 4.69) is 4.74 Å². The normalized spacial score (nSPS) is 22.3. The molecule has 2 aliphatic heterocycles. The minimum Gasteiger partial charge on any atom is -0.434 e. The molecule has 2 aliphatic rings. The first-order valence-electron chi connectivity index (χ1n) is 9.14. The van der Waals surface area contributed by atoms with Gasteiger partial charge in [-0.2, -0.15) is 18.4 Å². The number of nitrogens with zero attached hydrogens (tertiary/aromatic N) is 2. The first-order valence-corrected chi connectivity index (χ1v) is 9.14. The van der Waals surface area contributed by atoms with Crippen LogP contribution in [0.1, 0.15) is 36.3 Å². The minimum absolute atomic E-state index is 0.0331. The lowest BCUT2D eigenvalue weighted by atomic mass is 9.83. The van der Waals surface area contributed by atoms with Crippen molar-refractivity contribution >= 4 is 6.09 Å². The molecule has 0 unspecified atom stereocenters. The van der Waals surface area contributed by atoms with E-state index >= 15 is 0 Å². The molecule has 10 heteroatoms. The SMILES string of the molecule is N#Cc1ccc([C@H]2COC3(CCN(C(=O)O[C@H](CO)C(F)(F)F)CC3)C2)cc1F. The molecule has 1 aromatic carbocycles. The van der Waals surface area contributed by atoms with Crippen LogP contribution in [0.5, 0.6) is 0 Å². The van der Waals surface area contributed by atoms with Crippen LogP contribution in [-0.4, -0.2) is 60.3 Å². The molecule has 2 fully saturated rings. The Balaban J connectivity index is 1.57. The lowest BCUT2D eigenvalue weighted by molar-refractivity contribution is -0.215. The maximum atomic E-state index is 13.9. The van der Waals surface area contributed by atoms with E-state index < -0.39 is 36.4 Å². The zero-order valence-electron chi connectivity index (χ0n) is 15.4. The predicted molar refractivity (Wildman–Crippen MR) is 91.4 cm³/mol. The van der Waals surface area contributed by atoms with E-state index in [-0.39, 0.29) is 24.6 Å². The summed E-state index contributed by atoms with van der Waals surface area (Å²) in [4.78, 5) is 13.1. The molecular weight excluding hydrogens is 396 g/mol. The van der Waals surface area contributed by atoms with Gasteiger partial charge in [-0.15, -0.1) is 0 Å². The van der Waals surface area contributed by atoms with Gasteiger partial charge >= 0.3 is 12.3 Å². The van der Waals surface area contributed by atoms with Gasteiger partial charge in [-0.05, 0) is 37.0 Å². The number of hydrogen-bond donors (Lipinski definition) is 1. The topological polar surface area (TPSA) is 82.8 Å². The Morgan fingerprint density at radius 3 is 2.66 bits per heavy atom. The summed E-state index contributed by atoms with van der Waals surface area (Å²) < 4.78 is 62.1. The zero-order valence-corrected chi connectivity index (χ0v) is 15.4. The average Bonchev–Trinajstić information content (AvgIpc) is 3.09. The second-order valence-corrected chi connectivity index (χ2v) is 7.33. The van der Waals surface area contributed by atoms with Gasteiger partial charge in [0, 0.05) is 19.0 Å². The zero-order chi connectivity index (χ0) is 21.2. The third-order valence-corrected chi connectivity index (χ3v) is 5.50. The molecule has 2 atom stereocenters. The number of carbonyl (C=O) groups excluding carboxylic acids is 1. The maximum Gasteiger partial charge on any atom is 0.427 e. The van der Waals surface area contributed by atoms with Gasteiger partial charge in [0.15, 0.2) is 0 Å². The summed E-state index contributed by atoms with van der Waals surface area (Å²) in [5.74, 6) is -0.661. The van der Waals surface area contributed by atoms with Crippen molar-refractivity contribution in [1.29, 1.82) is 5.26 Å². The number of halogens is 4. The fourth-order valence-electron chi connectivity index (χ4n) is 3.78. The fourth-order valence-corrected chi connectivity index (χ4v) is 3.78. The number of hydrogen-bond acceptors (Lipinski definition) is 5. The molecule has 0 aromatic heterocycles. The molecule has 1 spiro atoms. The van der Waals surface area contributed by atoms with E-state index in [9.17, 15) is 22.4 Å². The van der Waals surface area contributed by atoms with Crippen LogP contribution in [0, 0.1) is 17.1 Å². The van der Waals surface area contributed by atoms with E-state index in [0.29, 0.717) is 25.9 Å². The Morgan fingerprint density at radius 1 is 1.41 bits per heavy atom. The van der Waals surface area contributed by atoms with Crippen LogP contribution in [0.3, 0.4) is 0 Å². The van der Waals surface area contributed by atoms with Crippen molar-refractivity contribution in [1.82, 2.24) is 4.90 Å². The van der Waals surface area contributed by atoms with Gasteiger partial charge in [0.1, 0.15) is 11.9 Å². The number of rotatable bonds is 3. The third-order valence-electron chi connectivity index (χ3n) is 5.50. The average molecular weight is 416 g/mol. The number of benzene rings is 1. The van der Waals surface area contributed by atoms with Gasteiger partial charge in [0.25, 0.3) is 0 Å². The van der Waals surface area contributed by atoms with Crippen molar-refractivity contribution in [3.8, 4) is 6.07 Å². The first kappa shape index (κ1) is 21.3. The lowest BCUT2D eigenvalue weighted by Gasteiger charge is -2.38. The second-order valence-electron chi connectivity index (χ2n) is 7.33. The summed E-state index contributed by atoms with van der Waals surface area (Å²) >= 11 is 0. The maximum absolute atomic E-state index is 13.9. The molecule has 6 nitrogen and oxygen atoms in total. The highest BCUT2D eigenvalue weighted by atomic mass is 19.4. The molecule has 158 valence electrons. The van der Waals surface area contributed by atoms with Gasteiger partial charge < -0.3 is 19.5 Å². The second kappa shape index (κ2) is 8.16. The number of piperidine rings is 1. The third kappa shape index (κ3) is 4.62. The highest BCUT2D eigenvalue weighted by Gasteiger charge is 2.46. The van der Waals surface area contributed by atoms with E-state index in [4.69, 9.17) is 15.1 Å². The quantitative estimate of drug-likeness (QED) is 0.766. The molecule has 29 heavy (non-hydrogen) atoms. The molecule has 2 heterocycles. The van der Waals surface area contributed by atoms with Crippen LogP contribution >= 0.6 is 0 Å². The molecule has 0 bridgehead atoms. The Hall–Kier alpha value is -2.38. The fraction of sp³-hybridized carbons (Fsp3) is 0.579. The van der Waals surface area contributed by atoms with Crippen molar-refractivity contribution in [2.45, 2.75) is 43.1 Å². The molecule has 2 saturated heterocycles. The number of aliphatic hydroxyl groups excluding tert-OH is 1. The van der Waals surface area contributed by atoms with Crippen molar-refractivity contribution in [3.05, 3.63) is 35.1 Å². The van der Waals surface area contributed by atoms with E-state index in [0.717, 1.165) is 10.5 Å². The molecule has 1 amide bonds. The molecule has 1 N–H and O–H groups in total. The summed E-state index contributed by atoms with van der Waals surface area (Å²) in [5, 5.41) is 17.6. The summed E-state index contributed by atoms with van der Waals surface area (Å²) in [5.41, 5.74) is 0.150.